The van der Waals surface area contributed by atoms with Gasteiger partial charge in [-0.25, -0.2) is 9.97 Å². The van der Waals surface area contributed by atoms with Crippen LogP contribution in [0.4, 0.5) is 5.69 Å². The first-order valence-corrected chi connectivity index (χ1v) is 10.5. The van der Waals surface area contributed by atoms with Gasteiger partial charge in [-0.3, -0.25) is 4.68 Å². The summed E-state index contributed by atoms with van der Waals surface area (Å²) in [5, 5.41) is 19.8. The van der Waals surface area contributed by atoms with Crippen molar-refractivity contribution < 1.29 is 9.84 Å². The standard InChI is InChI=1S/C20H21N7O2.C2H6/c1-26-11-12-7-14(17(28)9-16(12)25-26)19-23-18-15(20(24-19)29-2)8-13(10-22-18)27-5-3-21-4-6-27;1-2/h7-11,21,28H,3-6H2,1-2H3;1-2H3. The molecule has 0 bridgehead atoms. The molecule has 9 nitrogen and oxygen atoms in total. The molecule has 9 heteroatoms. The highest BCUT2D eigenvalue weighted by Crippen LogP contribution is 2.34. The van der Waals surface area contributed by atoms with E-state index in [2.05, 4.69) is 30.3 Å². The number of ether oxygens (including phenoxy) is 1. The summed E-state index contributed by atoms with van der Waals surface area (Å²) in [6, 6.07) is 5.46. The van der Waals surface area contributed by atoms with Gasteiger partial charge in [0.05, 0.1) is 35.5 Å². The molecule has 0 atom stereocenters. The lowest BCUT2D eigenvalue weighted by molar-refractivity contribution is 0.403. The number of nitrogens with one attached hydrogen (secondary N) is 1. The topological polar surface area (TPSA) is 101 Å². The van der Waals surface area contributed by atoms with Gasteiger partial charge >= 0.3 is 0 Å². The van der Waals surface area contributed by atoms with E-state index in [1.54, 1.807) is 17.9 Å². The van der Waals surface area contributed by atoms with Crippen molar-refractivity contribution in [3.63, 3.8) is 0 Å². The zero-order valence-corrected chi connectivity index (χ0v) is 18.3. The first-order chi connectivity index (χ1) is 15.1. The molecule has 0 aliphatic carbocycles. The minimum atomic E-state index is 0.0649. The highest BCUT2D eigenvalue weighted by molar-refractivity contribution is 5.89. The molecule has 0 saturated carbocycles. The van der Waals surface area contributed by atoms with Gasteiger partial charge in [0.2, 0.25) is 5.88 Å². The Balaban J connectivity index is 0.00000112. The zero-order valence-electron chi connectivity index (χ0n) is 18.3. The molecule has 0 spiro atoms. The van der Waals surface area contributed by atoms with Crippen molar-refractivity contribution in [1.29, 1.82) is 0 Å². The van der Waals surface area contributed by atoms with Gasteiger partial charge < -0.3 is 20.1 Å². The minimum absolute atomic E-state index is 0.0649. The van der Waals surface area contributed by atoms with Crippen LogP contribution in [0.2, 0.25) is 0 Å². The molecule has 0 unspecified atom stereocenters. The molecule has 4 aromatic rings. The SMILES string of the molecule is CC.COc1nc(-c2cc3cn(C)nc3cc2O)nc2ncc(N3CCNCC3)cc12. The lowest BCUT2D eigenvalue weighted by Crippen LogP contribution is -2.43. The number of nitrogens with zero attached hydrogens (tertiary/aromatic N) is 6. The third-order valence-corrected chi connectivity index (χ3v) is 5.15. The van der Waals surface area contributed by atoms with Crippen molar-refractivity contribution in [3.05, 3.63) is 30.6 Å². The molecule has 4 heterocycles. The number of piperazine rings is 1. The summed E-state index contributed by atoms with van der Waals surface area (Å²) in [5.74, 6) is 0.857. The molecule has 1 aliphatic heterocycles. The van der Waals surface area contributed by atoms with E-state index in [1.165, 1.54) is 0 Å². The van der Waals surface area contributed by atoms with Gasteiger partial charge in [0, 0.05) is 50.9 Å². The van der Waals surface area contributed by atoms with Crippen LogP contribution in [-0.2, 0) is 7.05 Å². The summed E-state index contributed by atoms with van der Waals surface area (Å²) in [4.78, 5) is 16.0. The van der Waals surface area contributed by atoms with E-state index in [-0.39, 0.29) is 5.75 Å². The lowest BCUT2D eigenvalue weighted by Gasteiger charge is -2.29. The Bertz CT molecular complexity index is 1220. The lowest BCUT2D eigenvalue weighted by atomic mass is 10.1. The summed E-state index contributed by atoms with van der Waals surface area (Å²) in [7, 11) is 3.42. The molecule has 5 rings (SSSR count). The van der Waals surface area contributed by atoms with Crippen molar-refractivity contribution in [2.75, 3.05) is 38.2 Å². The van der Waals surface area contributed by atoms with Crippen molar-refractivity contribution in [2.45, 2.75) is 13.8 Å². The fraction of sp³-hybridized carbons (Fsp3) is 0.364. The van der Waals surface area contributed by atoms with E-state index in [1.807, 2.05) is 45.4 Å². The molecule has 162 valence electrons. The number of aryl methyl sites for hydroxylation is 1. The van der Waals surface area contributed by atoms with E-state index < -0.39 is 0 Å². The van der Waals surface area contributed by atoms with Crippen molar-refractivity contribution in [1.82, 2.24) is 30.0 Å². The van der Waals surface area contributed by atoms with Crippen molar-refractivity contribution >= 4 is 27.6 Å². The number of aromatic nitrogens is 5. The largest absolute Gasteiger partial charge is 0.507 e. The number of hydrogen-bond acceptors (Lipinski definition) is 8. The molecule has 0 radical (unpaired) electrons. The normalized spacial score (nSPS) is 13.9. The van der Waals surface area contributed by atoms with Gasteiger partial charge in [-0.15, -0.1) is 0 Å². The predicted octanol–water partition coefficient (Wildman–Crippen LogP) is 2.73. The number of rotatable bonds is 3. The Labute approximate surface area is 180 Å². The average molecular weight is 422 g/mol. The van der Waals surface area contributed by atoms with Crippen LogP contribution in [0, 0.1) is 0 Å². The van der Waals surface area contributed by atoms with Gasteiger partial charge in [0.15, 0.2) is 11.5 Å². The molecule has 1 aromatic carbocycles. The molecule has 1 fully saturated rings. The number of fused-ring (bicyclic) bond motifs is 2. The summed E-state index contributed by atoms with van der Waals surface area (Å²) in [6.07, 6.45) is 3.71. The summed E-state index contributed by atoms with van der Waals surface area (Å²) < 4.78 is 7.25. The molecule has 31 heavy (non-hydrogen) atoms. The number of aromatic hydroxyl groups is 1. The van der Waals surface area contributed by atoms with Crippen LogP contribution in [0.1, 0.15) is 13.8 Å². The Hall–Kier alpha value is -3.46. The number of hydrogen-bond donors (Lipinski definition) is 2. The molecule has 1 saturated heterocycles. The first kappa shape index (κ1) is 20.8. The second kappa shape index (κ2) is 8.73. The number of pyridine rings is 1. The predicted molar refractivity (Wildman–Crippen MR) is 122 cm³/mol. The third-order valence-electron chi connectivity index (χ3n) is 5.15. The second-order valence-electron chi connectivity index (χ2n) is 7.09. The van der Waals surface area contributed by atoms with E-state index in [9.17, 15) is 5.11 Å². The molecule has 2 N–H and O–H groups in total. The van der Waals surface area contributed by atoms with Gasteiger partial charge in [-0.1, -0.05) is 13.8 Å². The number of benzene rings is 1. The van der Waals surface area contributed by atoms with Crippen molar-refractivity contribution in [3.8, 4) is 23.0 Å². The summed E-state index contributed by atoms with van der Waals surface area (Å²) in [5.41, 5.74) is 2.77. The fourth-order valence-electron chi connectivity index (χ4n) is 3.71. The maximum absolute atomic E-state index is 10.5. The third kappa shape index (κ3) is 3.96. The van der Waals surface area contributed by atoms with Crippen LogP contribution in [0.25, 0.3) is 33.3 Å². The fourth-order valence-corrected chi connectivity index (χ4v) is 3.71. The van der Waals surface area contributed by atoms with Gasteiger partial charge in [0.25, 0.3) is 0 Å². The van der Waals surface area contributed by atoms with Gasteiger partial charge in [-0.05, 0) is 12.1 Å². The molecule has 1 aliphatic rings. The van der Waals surface area contributed by atoms with E-state index in [4.69, 9.17) is 4.74 Å². The quantitative estimate of drug-likeness (QED) is 0.521. The number of phenols is 1. The zero-order chi connectivity index (χ0) is 22.0. The van der Waals surface area contributed by atoms with Crippen LogP contribution in [0.5, 0.6) is 11.6 Å². The van der Waals surface area contributed by atoms with Gasteiger partial charge in [0.1, 0.15) is 5.75 Å². The second-order valence-corrected chi connectivity index (χ2v) is 7.09. The Morgan fingerprint density at radius 2 is 1.87 bits per heavy atom. The maximum Gasteiger partial charge on any atom is 0.226 e. The Morgan fingerprint density at radius 1 is 1.10 bits per heavy atom. The van der Waals surface area contributed by atoms with E-state index in [0.717, 1.165) is 42.6 Å². The van der Waals surface area contributed by atoms with Gasteiger partial charge in [-0.2, -0.15) is 10.1 Å². The number of phenolic OH excluding ortho intramolecular Hbond substituents is 1. The monoisotopic (exact) mass is 421 g/mol. The van der Waals surface area contributed by atoms with Crippen LogP contribution >= 0.6 is 0 Å². The number of anilines is 1. The Kier molecular flexibility index (Phi) is 5.85. The van der Waals surface area contributed by atoms with Crippen LogP contribution in [0.15, 0.2) is 30.6 Å². The highest BCUT2D eigenvalue weighted by atomic mass is 16.5. The maximum atomic E-state index is 10.5. The van der Waals surface area contributed by atoms with E-state index >= 15 is 0 Å². The number of methoxy groups -OCH3 is 1. The van der Waals surface area contributed by atoms with Crippen molar-refractivity contribution in [2.24, 2.45) is 7.05 Å². The molecule has 3 aromatic heterocycles. The van der Waals surface area contributed by atoms with Crippen LogP contribution in [-0.4, -0.2) is 63.1 Å². The van der Waals surface area contributed by atoms with E-state index in [0.29, 0.717) is 28.4 Å². The highest BCUT2D eigenvalue weighted by Gasteiger charge is 2.18. The average Bonchev–Trinajstić information content (AvgIpc) is 3.18. The van der Waals surface area contributed by atoms with Crippen LogP contribution < -0.4 is 15.0 Å². The molecular weight excluding hydrogens is 394 g/mol. The minimum Gasteiger partial charge on any atom is -0.507 e. The molecule has 0 amide bonds. The summed E-state index contributed by atoms with van der Waals surface area (Å²) in [6.45, 7) is 7.74. The summed E-state index contributed by atoms with van der Waals surface area (Å²) >= 11 is 0. The molecular formula is C22H27N7O2. The van der Waals surface area contributed by atoms with Crippen LogP contribution in [0.3, 0.4) is 0 Å². The smallest absolute Gasteiger partial charge is 0.226 e. The first-order valence-electron chi connectivity index (χ1n) is 10.5. The Morgan fingerprint density at radius 3 is 2.61 bits per heavy atom.